The van der Waals surface area contributed by atoms with E-state index < -0.39 is 9.84 Å². The Morgan fingerprint density at radius 1 is 1.22 bits per heavy atom. The van der Waals surface area contributed by atoms with Gasteiger partial charge in [0.2, 0.25) is 0 Å². The molecule has 0 amide bonds. The van der Waals surface area contributed by atoms with Crippen LogP contribution in [0.5, 0.6) is 0 Å². The van der Waals surface area contributed by atoms with Gasteiger partial charge in [-0.1, -0.05) is 23.8 Å². The number of carbonyl (C=O) groups excluding carboxylic acids is 1. The lowest BCUT2D eigenvalue weighted by Crippen LogP contribution is -2.08. The Balaban J connectivity index is 2.69. The molecule has 0 spiro atoms. The zero-order valence-corrected chi connectivity index (χ0v) is 11.2. The molecule has 1 rings (SSSR count). The van der Waals surface area contributed by atoms with Crippen LogP contribution >= 0.6 is 0 Å². The average Bonchev–Trinajstić information content (AvgIpc) is 2.29. The second-order valence-corrected chi connectivity index (χ2v) is 5.91. The molecule has 0 saturated heterocycles. The summed E-state index contributed by atoms with van der Waals surface area (Å²) in [6.45, 7) is 3.11. The van der Waals surface area contributed by atoms with Gasteiger partial charge in [-0.25, -0.2) is 8.42 Å². The Morgan fingerprint density at radius 3 is 2.39 bits per heavy atom. The molecular formula is C13H16O4S. The summed E-state index contributed by atoms with van der Waals surface area (Å²) in [5, 5.41) is 0. The highest BCUT2D eigenvalue weighted by molar-refractivity contribution is 7.91. The van der Waals surface area contributed by atoms with Crippen molar-refractivity contribution in [1.82, 2.24) is 0 Å². The molecule has 0 N–H and O–H groups in total. The summed E-state index contributed by atoms with van der Waals surface area (Å²) in [4.78, 5) is 10.9. The first-order valence-electron chi connectivity index (χ1n) is 5.48. The van der Waals surface area contributed by atoms with Gasteiger partial charge in [0.05, 0.1) is 10.6 Å². The van der Waals surface area contributed by atoms with Gasteiger partial charge in [0.1, 0.15) is 6.61 Å². The van der Waals surface area contributed by atoms with Gasteiger partial charge in [-0.15, -0.1) is 0 Å². The summed E-state index contributed by atoms with van der Waals surface area (Å²) in [7, 11) is -3.32. The number of benzene rings is 1. The third-order valence-electron chi connectivity index (χ3n) is 2.24. The van der Waals surface area contributed by atoms with Crippen molar-refractivity contribution in [3.05, 3.63) is 42.0 Å². The second-order valence-electron chi connectivity index (χ2n) is 3.93. The number of sulfone groups is 1. The number of hydrogen-bond donors (Lipinski definition) is 0. The maximum atomic E-state index is 12.0. The maximum Gasteiger partial charge on any atom is 0.302 e. The third kappa shape index (κ3) is 4.71. The van der Waals surface area contributed by atoms with Crippen LogP contribution in [0.4, 0.5) is 0 Å². The van der Waals surface area contributed by atoms with Crippen molar-refractivity contribution in [2.45, 2.75) is 18.7 Å². The van der Waals surface area contributed by atoms with E-state index in [4.69, 9.17) is 4.74 Å². The van der Waals surface area contributed by atoms with E-state index in [0.717, 1.165) is 0 Å². The van der Waals surface area contributed by atoms with E-state index in [1.807, 2.05) is 0 Å². The first-order chi connectivity index (χ1) is 8.42. The molecule has 0 aliphatic heterocycles. The standard InChI is InChI=1S/C13H16O4S/c1-11(8-9-17-12(2)14)10-18(15,16)13-6-4-3-5-7-13/h3-8H,9-10H2,1-2H3/b11-8+. The largest absolute Gasteiger partial charge is 0.462 e. The summed E-state index contributed by atoms with van der Waals surface area (Å²) >= 11 is 0. The molecule has 4 nitrogen and oxygen atoms in total. The van der Waals surface area contributed by atoms with E-state index in [-0.39, 0.29) is 18.3 Å². The SMILES string of the molecule is CC(=O)OC/C=C(\C)CS(=O)(=O)c1ccccc1. The number of ether oxygens (including phenoxy) is 1. The lowest BCUT2D eigenvalue weighted by Gasteiger charge is -2.05. The van der Waals surface area contributed by atoms with E-state index in [9.17, 15) is 13.2 Å². The van der Waals surface area contributed by atoms with E-state index in [1.54, 1.807) is 43.3 Å². The fourth-order valence-corrected chi connectivity index (χ4v) is 2.83. The number of hydrogen-bond acceptors (Lipinski definition) is 4. The topological polar surface area (TPSA) is 60.4 Å². The Labute approximate surface area is 107 Å². The van der Waals surface area contributed by atoms with Crippen molar-refractivity contribution < 1.29 is 17.9 Å². The zero-order valence-electron chi connectivity index (χ0n) is 10.4. The van der Waals surface area contributed by atoms with Gasteiger partial charge in [-0.05, 0) is 25.1 Å². The fourth-order valence-electron chi connectivity index (χ4n) is 1.37. The van der Waals surface area contributed by atoms with Crippen LogP contribution in [0, 0.1) is 0 Å². The molecule has 0 unspecified atom stereocenters. The average molecular weight is 268 g/mol. The molecule has 0 bridgehead atoms. The summed E-state index contributed by atoms with van der Waals surface area (Å²) in [5.74, 6) is -0.455. The van der Waals surface area contributed by atoms with Crippen molar-refractivity contribution in [3.63, 3.8) is 0 Å². The van der Waals surface area contributed by atoms with Gasteiger partial charge >= 0.3 is 5.97 Å². The van der Waals surface area contributed by atoms with Crippen LogP contribution in [-0.2, 0) is 19.4 Å². The lowest BCUT2D eigenvalue weighted by atomic mass is 10.3. The Bertz CT molecular complexity index is 529. The van der Waals surface area contributed by atoms with E-state index in [1.165, 1.54) is 6.92 Å². The lowest BCUT2D eigenvalue weighted by molar-refractivity contribution is -0.139. The number of esters is 1. The molecule has 0 saturated carbocycles. The highest BCUT2D eigenvalue weighted by atomic mass is 32.2. The molecule has 0 heterocycles. The highest BCUT2D eigenvalue weighted by Crippen LogP contribution is 2.13. The minimum Gasteiger partial charge on any atom is -0.462 e. The normalized spacial score (nSPS) is 12.2. The molecule has 1 aromatic rings. The van der Waals surface area contributed by atoms with Crippen LogP contribution in [0.25, 0.3) is 0 Å². The maximum absolute atomic E-state index is 12.0. The number of rotatable bonds is 5. The molecule has 5 heteroatoms. The fraction of sp³-hybridized carbons (Fsp3) is 0.308. The van der Waals surface area contributed by atoms with E-state index in [0.29, 0.717) is 10.5 Å². The molecular weight excluding hydrogens is 252 g/mol. The predicted octanol–water partition coefficient (Wildman–Crippen LogP) is 1.97. The Kier molecular flexibility index (Phi) is 5.09. The summed E-state index contributed by atoms with van der Waals surface area (Å²) in [6, 6.07) is 8.27. The van der Waals surface area contributed by atoms with Crippen molar-refractivity contribution in [1.29, 1.82) is 0 Å². The van der Waals surface area contributed by atoms with Gasteiger partial charge < -0.3 is 4.74 Å². The van der Waals surface area contributed by atoms with Crippen LogP contribution in [0.2, 0.25) is 0 Å². The molecule has 1 aromatic carbocycles. The summed E-state index contributed by atoms with van der Waals surface area (Å²) in [5.41, 5.74) is 0.653. The molecule has 0 radical (unpaired) electrons. The Hall–Kier alpha value is -1.62. The smallest absolute Gasteiger partial charge is 0.302 e. The van der Waals surface area contributed by atoms with Crippen LogP contribution in [0.1, 0.15) is 13.8 Å². The van der Waals surface area contributed by atoms with Crippen molar-refractivity contribution in [2.24, 2.45) is 0 Å². The van der Waals surface area contributed by atoms with Crippen LogP contribution in [0.15, 0.2) is 46.9 Å². The van der Waals surface area contributed by atoms with E-state index in [2.05, 4.69) is 0 Å². The van der Waals surface area contributed by atoms with Crippen LogP contribution in [-0.4, -0.2) is 26.7 Å². The first-order valence-corrected chi connectivity index (χ1v) is 7.14. The molecule has 18 heavy (non-hydrogen) atoms. The quantitative estimate of drug-likeness (QED) is 0.605. The summed E-state index contributed by atoms with van der Waals surface area (Å²) < 4.78 is 28.7. The van der Waals surface area contributed by atoms with Crippen molar-refractivity contribution in [2.75, 3.05) is 12.4 Å². The predicted molar refractivity (Wildman–Crippen MR) is 68.9 cm³/mol. The Morgan fingerprint density at radius 2 is 1.83 bits per heavy atom. The van der Waals surface area contributed by atoms with Gasteiger partial charge in [0.15, 0.2) is 9.84 Å². The van der Waals surface area contributed by atoms with Crippen molar-refractivity contribution >= 4 is 15.8 Å². The minimum absolute atomic E-state index is 0.0712. The molecule has 98 valence electrons. The third-order valence-corrected chi connectivity index (χ3v) is 4.06. The van der Waals surface area contributed by atoms with Gasteiger partial charge in [0.25, 0.3) is 0 Å². The van der Waals surface area contributed by atoms with Crippen molar-refractivity contribution in [3.8, 4) is 0 Å². The molecule has 0 aromatic heterocycles. The van der Waals surface area contributed by atoms with Crippen LogP contribution in [0.3, 0.4) is 0 Å². The molecule has 0 fully saturated rings. The molecule has 0 atom stereocenters. The second kappa shape index (κ2) is 6.35. The van der Waals surface area contributed by atoms with Gasteiger partial charge in [-0.3, -0.25) is 4.79 Å². The molecule has 0 aliphatic carbocycles. The van der Waals surface area contributed by atoms with Gasteiger partial charge in [0, 0.05) is 6.92 Å². The first kappa shape index (κ1) is 14.4. The molecule has 0 aliphatic rings. The monoisotopic (exact) mass is 268 g/mol. The highest BCUT2D eigenvalue weighted by Gasteiger charge is 2.14. The van der Waals surface area contributed by atoms with Gasteiger partial charge in [-0.2, -0.15) is 0 Å². The minimum atomic E-state index is -3.32. The zero-order chi connectivity index (χ0) is 13.6. The van der Waals surface area contributed by atoms with E-state index >= 15 is 0 Å². The number of carbonyl (C=O) groups is 1. The van der Waals surface area contributed by atoms with Crippen LogP contribution < -0.4 is 0 Å². The summed E-state index contributed by atoms with van der Waals surface area (Å²) in [6.07, 6.45) is 1.60.